The van der Waals surface area contributed by atoms with Crippen molar-refractivity contribution in [2.75, 3.05) is 0 Å². The van der Waals surface area contributed by atoms with Crippen molar-refractivity contribution in [1.82, 2.24) is 4.98 Å². The van der Waals surface area contributed by atoms with Gasteiger partial charge < -0.3 is 4.42 Å². The number of aromatic nitrogens is 1. The van der Waals surface area contributed by atoms with Gasteiger partial charge in [-0.25, -0.2) is 0 Å². The molecule has 0 N–H and O–H groups in total. The van der Waals surface area contributed by atoms with Gasteiger partial charge in [-0.2, -0.15) is 0 Å². The van der Waals surface area contributed by atoms with Gasteiger partial charge in [0.2, 0.25) is 0 Å². The van der Waals surface area contributed by atoms with Crippen LogP contribution in [0.2, 0.25) is 0 Å². The molecule has 0 unspecified atom stereocenters. The molecule has 0 fully saturated rings. The van der Waals surface area contributed by atoms with Crippen molar-refractivity contribution >= 4 is 43.4 Å². The quantitative estimate of drug-likeness (QED) is 0.294. The molecule has 0 amide bonds. The maximum atomic E-state index is 6.38. The summed E-state index contributed by atoms with van der Waals surface area (Å²) in [5, 5.41) is 3.65. The third kappa shape index (κ3) is 2.57. The van der Waals surface area contributed by atoms with Gasteiger partial charge in [-0.05, 0) is 60.7 Å². The molecule has 3 heteroatoms. The number of para-hydroxylation sites is 1. The van der Waals surface area contributed by atoms with Gasteiger partial charge in [-0.3, -0.25) is 4.98 Å². The Labute approximate surface area is 168 Å². The van der Waals surface area contributed by atoms with Gasteiger partial charge in [0.05, 0.1) is 5.69 Å². The average Bonchev–Trinajstić information content (AvgIpc) is 3.20. The van der Waals surface area contributed by atoms with Crippen LogP contribution in [0.15, 0.2) is 53.1 Å². The summed E-state index contributed by atoms with van der Waals surface area (Å²) < 4.78 is 7.68. The molecule has 0 aliphatic carbocycles. The zero-order chi connectivity index (χ0) is 19.6. The van der Waals surface area contributed by atoms with E-state index in [1.807, 2.05) is 17.5 Å². The predicted octanol–water partition coefficient (Wildman–Crippen LogP) is 7.78. The number of aryl methyl sites for hydroxylation is 2. The molecule has 0 aliphatic heterocycles. The molecular weight excluding hydrogens is 362 g/mol. The fourth-order valence-electron chi connectivity index (χ4n) is 4.22. The van der Waals surface area contributed by atoms with Gasteiger partial charge in [0, 0.05) is 37.5 Å². The Kier molecular flexibility index (Phi) is 3.69. The maximum absolute atomic E-state index is 6.38. The van der Waals surface area contributed by atoms with Gasteiger partial charge in [-0.1, -0.05) is 32.9 Å². The standard InChI is InChI=1S/C25H23NOS/c1-14-13-26-20(12-19(14)25(3,4)5)16-7-6-8-17-23-18-11-15(2)28-22(18)10-9-21(23)27-24(16)17/h6-13H,1-5H3. The first-order valence-corrected chi connectivity index (χ1v) is 10.5. The lowest BCUT2D eigenvalue weighted by molar-refractivity contribution is 0.585. The number of hydrogen-bond acceptors (Lipinski definition) is 3. The first-order chi connectivity index (χ1) is 13.3. The summed E-state index contributed by atoms with van der Waals surface area (Å²) in [6.45, 7) is 11.0. The van der Waals surface area contributed by atoms with Crippen LogP contribution < -0.4 is 0 Å². The molecule has 2 nitrogen and oxygen atoms in total. The van der Waals surface area contributed by atoms with E-state index >= 15 is 0 Å². The molecule has 140 valence electrons. The van der Waals surface area contributed by atoms with Gasteiger partial charge in [0.1, 0.15) is 11.2 Å². The van der Waals surface area contributed by atoms with Crippen molar-refractivity contribution in [1.29, 1.82) is 0 Å². The topological polar surface area (TPSA) is 26.0 Å². The van der Waals surface area contributed by atoms with E-state index in [2.05, 4.69) is 77.1 Å². The number of hydrogen-bond donors (Lipinski definition) is 0. The van der Waals surface area contributed by atoms with E-state index in [1.165, 1.54) is 31.5 Å². The first-order valence-electron chi connectivity index (χ1n) is 9.65. The maximum Gasteiger partial charge on any atom is 0.144 e. The SMILES string of the molecule is Cc1cc2c(ccc3oc4c(-c5cc(C(C)(C)C)c(C)cn5)cccc4c32)s1. The summed E-state index contributed by atoms with van der Waals surface area (Å²) >= 11 is 1.83. The molecule has 0 bridgehead atoms. The minimum absolute atomic E-state index is 0.0733. The van der Waals surface area contributed by atoms with Gasteiger partial charge in [-0.15, -0.1) is 11.3 Å². The lowest BCUT2D eigenvalue weighted by atomic mass is 9.84. The van der Waals surface area contributed by atoms with Crippen molar-refractivity contribution in [2.45, 2.75) is 40.0 Å². The molecule has 3 aromatic heterocycles. The van der Waals surface area contributed by atoms with Crippen LogP contribution in [0.3, 0.4) is 0 Å². The number of fused-ring (bicyclic) bond motifs is 5. The Hall–Kier alpha value is -2.65. The van der Waals surface area contributed by atoms with Gasteiger partial charge in [0.15, 0.2) is 0 Å². The molecule has 0 atom stereocenters. The van der Waals surface area contributed by atoms with E-state index in [0.717, 1.165) is 27.8 Å². The van der Waals surface area contributed by atoms with Crippen molar-refractivity contribution in [3.8, 4) is 11.3 Å². The van der Waals surface area contributed by atoms with Crippen LogP contribution in [0.1, 0.15) is 36.8 Å². The summed E-state index contributed by atoms with van der Waals surface area (Å²) in [5.41, 5.74) is 6.51. The van der Waals surface area contributed by atoms with Crippen LogP contribution in [0.25, 0.3) is 43.3 Å². The Morgan fingerprint density at radius 1 is 0.964 bits per heavy atom. The number of thiophene rings is 1. The van der Waals surface area contributed by atoms with Gasteiger partial charge >= 0.3 is 0 Å². The highest BCUT2D eigenvalue weighted by molar-refractivity contribution is 7.19. The minimum atomic E-state index is 0.0733. The molecule has 2 aromatic carbocycles. The fraction of sp³-hybridized carbons (Fsp3) is 0.240. The van der Waals surface area contributed by atoms with Crippen molar-refractivity contribution in [3.63, 3.8) is 0 Å². The summed E-state index contributed by atoms with van der Waals surface area (Å²) in [4.78, 5) is 6.07. The highest BCUT2D eigenvalue weighted by Crippen LogP contribution is 2.41. The summed E-state index contributed by atoms with van der Waals surface area (Å²) in [6.07, 6.45) is 1.98. The molecule has 28 heavy (non-hydrogen) atoms. The van der Waals surface area contributed by atoms with E-state index < -0.39 is 0 Å². The third-order valence-electron chi connectivity index (χ3n) is 5.47. The predicted molar refractivity (Wildman–Crippen MR) is 121 cm³/mol. The molecule has 5 aromatic rings. The zero-order valence-electron chi connectivity index (χ0n) is 16.9. The Balaban J connectivity index is 1.83. The molecule has 0 aliphatic rings. The number of furan rings is 1. The van der Waals surface area contributed by atoms with Crippen LogP contribution in [0.4, 0.5) is 0 Å². The Bertz CT molecular complexity index is 1360. The molecule has 3 heterocycles. The second-order valence-corrected chi connectivity index (χ2v) is 9.91. The number of nitrogens with zero attached hydrogens (tertiary/aromatic N) is 1. The first kappa shape index (κ1) is 17.4. The highest BCUT2D eigenvalue weighted by atomic mass is 32.1. The monoisotopic (exact) mass is 385 g/mol. The molecule has 0 spiro atoms. The van der Waals surface area contributed by atoms with Crippen LogP contribution in [-0.2, 0) is 5.41 Å². The lowest BCUT2D eigenvalue weighted by Crippen LogP contribution is -2.13. The molecule has 0 saturated heterocycles. The van der Waals surface area contributed by atoms with Crippen molar-refractivity contribution in [2.24, 2.45) is 0 Å². The average molecular weight is 386 g/mol. The van der Waals surface area contributed by atoms with Crippen LogP contribution in [0.5, 0.6) is 0 Å². The van der Waals surface area contributed by atoms with E-state index in [4.69, 9.17) is 9.40 Å². The third-order valence-corrected chi connectivity index (χ3v) is 6.49. The smallest absolute Gasteiger partial charge is 0.144 e. The van der Waals surface area contributed by atoms with Gasteiger partial charge in [0.25, 0.3) is 0 Å². The van der Waals surface area contributed by atoms with Crippen molar-refractivity contribution in [3.05, 3.63) is 64.7 Å². The van der Waals surface area contributed by atoms with E-state index in [9.17, 15) is 0 Å². The van der Waals surface area contributed by atoms with E-state index in [0.29, 0.717) is 0 Å². The summed E-state index contributed by atoms with van der Waals surface area (Å²) in [7, 11) is 0. The zero-order valence-corrected chi connectivity index (χ0v) is 17.7. The van der Waals surface area contributed by atoms with Crippen molar-refractivity contribution < 1.29 is 4.42 Å². The van der Waals surface area contributed by atoms with Crippen LogP contribution in [0, 0.1) is 13.8 Å². The summed E-state index contributed by atoms with van der Waals surface area (Å²) in [5.74, 6) is 0. The van der Waals surface area contributed by atoms with E-state index in [-0.39, 0.29) is 5.41 Å². The molecule has 0 saturated carbocycles. The number of benzene rings is 2. The summed E-state index contributed by atoms with van der Waals surface area (Å²) in [6, 6.07) is 15.1. The number of pyridine rings is 1. The van der Waals surface area contributed by atoms with Crippen LogP contribution >= 0.6 is 11.3 Å². The highest BCUT2D eigenvalue weighted by Gasteiger charge is 2.20. The fourth-order valence-corrected chi connectivity index (χ4v) is 5.15. The Morgan fingerprint density at radius 3 is 2.57 bits per heavy atom. The van der Waals surface area contributed by atoms with Crippen LogP contribution in [-0.4, -0.2) is 4.98 Å². The normalized spacial score (nSPS) is 12.5. The molecule has 5 rings (SSSR count). The largest absolute Gasteiger partial charge is 0.455 e. The molecule has 0 radical (unpaired) electrons. The second-order valence-electron chi connectivity index (χ2n) is 8.63. The molecular formula is C25H23NOS. The Morgan fingerprint density at radius 2 is 1.79 bits per heavy atom. The minimum Gasteiger partial charge on any atom is -0.455 e. The lowest BCUT2D eigenvalue weighted by Gasteiger charge is -2.22. The second kappa shape index (κ2) is 5.92. The number of rotatable bonds is 1. The van der Waals surface area contributed by atoms with E-state index in [1.54, 1.807) is 0 Å².